The molecule has 2 aromatic carbocycles. The van der Waals surface area contributed by atoms with E-state index in [0.717, 1.165) is 16.7 Å². The first-order valence-corrected chi connectivity index (χ1v) is 9.25. The molecule has 3 aromatic rings. The Bertz CT molecular complexity index is 954. The number of furan rings is 1. The van der Waals surface area contributed by atoms with E-state index in [9.17, 15) is 14.7 Å². The number of aliphatic carboxylic acids is 1. The Balaban J connectivity index is 1.56. The van der Waals surface area contributed by atoms with E-state index in [1.165, 1.54) is 0 Å². The van der Waals surface area contributed by atoms with E-state index < -0.39 is 17.4 Å². The zero-order valence-corrected chi connectivity index (χ0v) is 15.3. The Morgan fingerprint density at radius 2 is 1.61 bits per heavy atom. The summed E-state index contributed by atoms with van der Waals surface area (Å²) in [5.41, 5.74) is 1.77. The average Bonchev–Trinajstić information content (AvgIpc) is 3.35. The highest BCUT2D eigenvalue weighted by Gasteiger charge is 2.45. The Morgan fingerprint density at radius 1 is 0.964 bits per heavy atom. The van der Waals surface area contributed by atoms with Gasteiger partial charge in [0.2, 0.25) is 5.91 Å². The second-order valence-corrected chi connectivity index (χ2v) is 7.31. The van der Waals surface area contributed by atoms with Crippen molar-refractivity contribution in [3.8, 4) is 0 Å². The SMILES string of the molecule is O=C(CC1(C(=O)O)Cc2ccccc2C1)N[C@@H](c1ccccc1)c1ccco1. The van der Waals surface area contributed by atoms with E-state index in [-0.39, 0.29) is 12.3 Å². The molecule has 5 heteroatoms. The summed E-state index contributed by atoms with van der Waals surface area (Å²) < 4.78 is 5.51. The van der Waals surface area contributed by atoms with Gasteiger partial charge in [0, 0.05) is 6.42 Å². The van der Waals surface area contributed by atoms with Crippen LogP contribution < -0.4 is 5.32 Å². The quantitative estimate of drug-likeness (QED) is 0.688. The Labute approximate surface area is 163 Å². The largest absolute Gasteiger partial charge is 0.481 e. The lowest BCUT2D eigenvalue weighted by Crippen LogP contribution is -2.39. The number of fused-ring (bicyclic) bond motifs is 1. The summed E-state index contributed by atoms with van der Waals surface area (Å²) in [4.78, 5) is 25.0. The number of carboxylic acids is 1. The van der Waals surface area contributed by atoms with Gasteiger partial charge in [-0.25, -0.2) is 0 Å². The minimum atomic E-state index is -1.11. The molecule has 1 amide bonds. The molecule has 1 aliphatic carbocycles. The maximum absolute atomic E-state index is 12.9. The average molecular weight is 375 g/mol. The molecule has 0 spiro atoms. The number of rotatable bonds is 6. The van der Waals surface area contributed by atoms with Crippen LogP contribution in [0.25, 0.3) is 0 Å². The molecule has 0 saturated heterocycles. The van der Waals surface area contributed by atoms with Crippen LogP contribution in [0.3, 0.4) is 0 Å². The number of carbonyl (C=O) groups is 2. The molecule has 1 atom stereocenters. The zero-order valence-electron chi connectivity index (χ0n) is 15.3. The van der Waals surface area contributed by atoms with Gasteiger partial charge < -0.3 is 14.8 Å². The summed E-state index contributed by atoms with van der Waals surface area (Å²) in [5.74, 6) is -0.632. The van der Waals surface area contributed by atoms with Gasteiger partial charge >= 0.3 is 5.97 Å². The first-order valence-electron chi connectivity index (χ1n) is 9.25. The fraction of sp³-hybridized carbons (Fsp3) is 0.217. The summed E-state index contributed by atoms with van der Waals surface area (Å²) >= 11 is 0. The van der Waals surface area contributed by atoms with Crippen LogP contribution in [0, 0.1) is 5.41 Å². The van der Waals surface area contributed by atoms with Gasteiger partial charge in [0.1, 0.15) is 11.8 Å². The van der Waals surface area contributed by atoms with Crippen molar-refractivity contribution in [3.63, 3.8) is 0 Å². The van der Waals surface area contributed by atoms with Crippen molar-refractivity contribution in [3.05, 3.63) is 95.4 Å². The van der Waals surface area contributed by atoms with Gasteiger partial charge in [0.15, 0.2) is 0 Å². The summed E-state index contributed by atoms with van der Waals surface area (Å²) in [6.07, 6.45) is 2.20. The third kappa shape index (κ3) is 3.43. The predicted molar refractivity (Wildman–Crippen MR) is 104 cm³/mol. The zero-order chi connectivity index (χ0) is 19.6. The standard InChI is InChI=1S/C23H21NO4/c25-20(15-23(22(26)27)13-17-9-4-5-10-18(17)14-23)24-21(19-11-6-12-28-19)16-7-2-1-3-8-16/h1-12,21H,13-15H2,(H,24,25)(H,26,27)/t21-/m0/s1. The molecule has 0 unspecified atom stereocenters. The molecule has 142 valence electrons. The second-order valence-electron chi connectivity index (χ2n) is 7.31. The molecule has 0 fully saturated rings. The van der Waals surface area contributed by atoms with E-state index in [1.807, 2.05) is 54.6 Å². The lowest BCUT2D eigenvalue weighted by molar-refractivity contribution is -0.151. The van der Waals surface area contributed by atoms with Gasteiger partial charge in [-0.2, -0.15) is 0 Å². The van der Waals surface area contributed by atoms with Crippen LogP contribution >= 0.6 is 0 Å². The Kier molecular flexibility index (Phi) is 4.74. The first kappa shape index (κ1) is 18.0. The molecule has 0 aliphatic heterocycles. The number of benzene rings is 2. The van der Waals surface area contributed by atoms with Crippen molar-refractivity contribution in [1.29, 1.82) is 0 Å². The summed E-state index contributed by atoms with van der Waals surface area (Å²) in [7, 11) is 0. The van der Waals surface area contributed by atoms with Gasteiger partial charge in [-0.1, -0.05) is 54.6 Å². The predicted octanol–water partition coefficient (Wildman–Crippen LogP) is 3.75. The highest BCUT2D eigenvalue weighted by atomic mass is 16.4. The van der Waals surface area contributed by atoms with Crippen molar-refractivity contribution in [2.45, 2.75) is 25.3 Å². The summed E-state index contributed by atoms with van der Waals surface area (Å²) in [6, 6.07) is 20.3. The first-order chi connectivity index (χ1) is 13.6. The number of hydrogen-bond acceptors (Lipinski definition) is 3. The van der Waals surface area contributed by atoms with Crippen LogP contribution in [-0.4, -0.2) is 17.0 Å². The smallest absolute Gasteiger partial charge is 0.310 e. The van der Waals surface area contributed by atoms with Crippen LogP contribution in [0.15, 0.2) is 77.4 Å². The lowest BCUT2D eigenvalue weighted by Gasteiger charge is -2.25. The monoisotopic (exact) mass is 375 g/mol. The number of carbonyl (C=O) groups excluding carboxylic acids is 1. The van der Waals surface area contributed by atoms with Crippen molar-refractivity contribution in [2.24, 2.45) is 5.41 Å². The molecule has 1 aromatic heterocycles. The van der Waals surface area contributed by atoms with Gasteiger partial charge in [-0.3, -0.25) is 9.59 Å². The van der Waals surface area contributed by atoms with Crippen molar-refractivity contribution >= 4 is 11.9 Å². The number of hydrogen-bond donors (Lipinski definition) is 2. The summed E-state index contributed by atoms with van der Waals surface area (Å²) in [6.45, 7) is 0. The van der Waals surface area contributed by atoms with E-state index in [2.05, 4.69) is 5.32 Å². The van der Waals surface area contributed by atoms with Gasteiger partial charge in [-0.05, 0) is 41.7 Å². The van der Waals surface area contributed by atoms with Gasteiger partial charge in [0.05, 0.1) is 11.7 Å². The summed E-state index contributed by atoms with van der Waals surface area (Å²) in [5, 5.41) is 12.9. The second kappa shape index (κ2) is 7.35. The number of nitrogens with one attached hydrogen (secondary N) is 1. The molecule has 2 N–H and O–H groups in total. The van der Waals surface area contributed by atoms with Gasteiger partial charge in [-0.15, -0.1) is 0 Å². The Morgan fingerprint density at radius 3 is 2.18 bits per heavy atom. The van der Waals surface area contributed by atoms with E-state index in [1.54, 1.807) is 18.4 Å². The van der Waals surface area contributed by atoms with Crippen molar-refractivity contribution < 1.29 is 19.1 Å². The molecule has 5 nitrogen and oxygen atoms in total. The number of amides is 1. The molecule has 4 rings (SSSR count). The van der Waals surface area contributed by atoms with Crippen LogP contribution in [0.4, 0.5) is 0 Å². The van der Waals surface area contributed by atoms with E-state index >= 15 is 0 Å². The minimum absolute atomic E-state index is 0.0823. The molecule has 0 bridgehead atoms. The normalized spacial score (nSPS) is 15.6. The maximum atomic E-state index is 12.9. The topological polar surface area (TPSA) is 79.5 Å². The van der Waals surface area contributed by atoms with Crippen LogP contribution in [0.2, 0.25) is 0 Å². The molecular weight excluding hydrogens is 354 g/mol. The molecule has 0 saturated carbocycles. The molecule has 1 aliphatic rings. The van der Waals surface area contributed by atoms with Crippen LogP contribution in [0.1, 0.15) is 34.9 Å². The third-order valence-corrected chi connectivity index (χ3v) is 5.39. The minimum Gasteiger partial charge on any atom is -0.481 e. The van der Waals surface area contributed by atoms with Crippen LogP contribution in [0.5, 0.6) is 0 Å². The maximum Gasteiger partial charge on any atom is 0.310 e. The highest BCUT2D eigenvalue weighted by molar-refractivity contribution is 5.86. The fourth-order valence-electron chi connectivity index (χ4n) is 3.98. The molecule has 0 radical (unpaired) electrons. The fourth-order valence-corrected chi connectivity index (χ4v) is 3.98. The molecular formula is C23H21NO4. The number of carboxylic acid groups (broad SMARTS) is 1. The molecule has 28 heavy (non-hydrogen) atoms. The highest BCUT2D eigenvalue weighted by Crippen LogP contribution is 2.40. The van der Waals surface area contributed by atoms with Crippen molar-refractivity contribution in [2.75, 3.05) is 0 Å². The lowest BCUT2D eigenvalue weighted by atomic mass is 9.81. The molecule has 1 heterocycles. The Hall–Kier alpha value is -3.34. The van der Waals surface area contributed by atoms with Crippen LogP contribution in [-0.2, 0) is 22.4 Å². The van der Waals surface area contributed by atoms with Crippen molar-refractivity contribution in [1.82, 2.24) is 5.32 Å². The van der Waals surface area contributed by atoms with Gasteiger partial charge in [0.25, 0.3) is 0 Å². The van der Waals surface area contributed by atoms with E-state index in [0.29, 0.717) is 18.6 Å². The third-order valence-electron chi connectivity index (χ3n) is 5.39. The van der Waals surface area contributed by atoms with E-state index in [4.69, 9.17) is 4.42 Å².